The zero-order chi connectivity index (χ0) is 12.1. The smallest absolute Gasteiger partial charge is 0.239 e. The van der Waals surface area contributed by atoms with E-state index in [0.29, 0.717) is 0 Å². The second-order valence-corrected chi connectivity index (χ2v) is 3.92. The molecule has 1 aromatic rings. The van der Waals surface area contributed by atoms with E-state index in [1.54, 1.807) is 7.11 Å². The molecule has 3 nitrogen and oxygen atoms in total. The molecule has 0 spiro atoms. The van der Waals surface area contributed by atoms with E-state index in [9.17, 15) is 4.79 Å². The van der Waals surface area contributed by atoms with Crippen LogP contribution in [0.4, 0.5) is 5.69 Å². The zero-order valence-electron chi connectivity index (χ0n) is 9.71. The minimum Gasteiger partial charge on any atom is -0.377 e. The van der Waals surface area contributed by atoms with E-state index in [0.717, 1.165) is 16.8 Å². The molecule has 0 aliphatic carbocycles. The number of nitrogens with one attached hydrogen (secondary N) is 1. The van der Waals surface area contributed by atoms with Gasteiger partial charge in [-0.25, -0.2) is 0 Å². The molecule has 88 valence electrons. The lowest BCUT2D eigenvalue weighted by Gasteiger charge is -2.16. The Balaban J connectivity index is 3.03. The Morgan fingerprint density at radius 3 is 2.81 bits per heavy atom. The van der Waals surface area contributed by atoms with Crippen molar-refractivity contribution in [3.05, 3.63) is 29.3 Å². The maximum Gasteiger partial charge on any atom is 0.239 e. The molecular formula is C12H16ClNO2. The van der Waals surface area contributed by atoms with Gasteiger partial charge in [-0.15, -0.1) is 11.6 Å². The Morgan fingerprint density at radius 1 is 1.56 bits per heavy atom. The largest absolute Gasteiger partial charge is 0.377 e. The second-order valence-electron chi connectivity index (χ2n) is 3.65. The molecule has 0 aromatic heterocycles. The highest BCUT2D eigenvalue weighted by atomic mass is 35.5. The number of halogens is 1. The number of ether oxygens (including phenoxy) is 1. The van der Waals surface area contributed by atoms with Crippen LogP contribution in [0.5, 0.6) is 0 Å². The van der Waals surface area contributed by atoms with Gasteiger partial charge in [0.05, 0.1) is 6.10 Å². The van der Waals surface area contributed by atoms with E-state index >= 15 is 0 Å². The number of carbonyl (C=O) groups is 1. The number of rotatable bonds is 4. The SMILES string of the molecule is COC(C)c1ccc(C)cc1NC(=O)CCl. The van der Waals surface area contributed by atoms with Crippen molar-refractivity contribution in [2.45, 2.75) is 20.0 Å². The van der Waals surface area contributed by atoms with E-state index in [-0.39, 0.29) is 17.9 Å². The first-order valence-electron chi connectivity index (χ1n) is 5.07. The second kappa shape index (κ2) is 5.87. The summed E-state index contributed by atoms with van der Waals surface area (Å²) in [5.41, 5.74) is 2.79. The molecule has 1 aromatic carbocycles. The maximum atomic E-state index is 11.3. The lowest BCUT2D eigenvalue weighted by atomic mass is 10.1. The molecule has 0 bridgehead atoms. The van der Waals surface area contributed by atoms with Crippen LogP contribution < -0.4 is 5.32 Å². The van der Waals surface area contributed by atoms with E-state index in [1.807, 2.05) is 32.0 Å². The predicted octanol–water partition coefficient (Wildman–Crippen LogP) is 2.88. The molecule has 0 heterocycles. The number of anilines is 1. The van der Waals surface area contributed by atoms with Crippen molar-refractivity contribution >= 4 is 23.2 Å². The third-order valence-corrected chi connectivity index (χ3v) is 2.64. The topological polar surface area (TPSA) is 38.3 Å². The molecule has 1 amide bonds. The number of amides is 1. The monoisotopic (exact) mass is 241 g/mol. The minimum atomic E-state index is -0.211. The molecule has 1 N–H and O–H groups in total. The van der Waals surface area contributed by atoms with Crippen LogP contribution >= 0.6 is 11.6 Å². The first-order valence-corrected chi connectivity index (χ1v) is 5.61. The molecule has 0 fully saturated rings. The highest BCUT2D eigenvalue weighted by Gasteiger charge is 2.11. The van der Waals surface area contributed by atoms with Gasteiger partial charge in [-0.3, -0.25) is 4.79 Å². The molecule has 0 saturated heterocycles. The Kier molecular flexibility index (Phi) is 4.77. The Labute approximate surface area is 101 Å². The van der Waals surface area contributed by atoms with Crippen LogP contribution in [0.1, 0.15) is 24.2 Å². The number of hydrogen-bond donors (Lipinski definition) is 1. The fraction of sp³-hybridized carbons (Fsp3) is 0.417. The third kappa shape index (κ3) is 3.22. The number of aryl methyl sites for hydroxylation is 1. The van der Waals surface area contributed by atoms with Crippen molar-refractivity contribution < 1.29 is 9.53 Å². The number of alkyl halides is 1. The highest BCUT2D eigenvalue weighted by molar-refractivity contribution is 6.29. The van der Waals surface area contributed by atoms with Gasteiger partial charge in [-0.1, -0.05) is 12.1 Å². The van der Waals surface area contributed by atoms with Gasteiger partial charge in [-0.05, 0) is 25.5 Å². The van der Waals surface area contributed by atoms with Gasteiger partial charge < -0.3 is 10.1 Å². The molecule has 0 aliphatic rings. The quantitative estimate of drug-likeness (QED) is 0.824. The predicted molar refractivity (Wildman–Crippen MR) is 66.0 cm³/mol. The van der Waals surface area contributed by atoms with Crippen LogP contribution in [0.15, 0.2) is 18.2 Å². The molecule has 0 aliphatic heterocycles. The summed E-state index contributed by atoms with van der Waals surface area (Å²) in [4.78, 5) is 11.3. The van der Waals surface area contributed by atoms with Crippen molar-refractivity contribution in [1.29, 1.82) is 0 Å². The summed E-state index contributed by atoms with van der Waals surface area (Å²) in [6.45, 7) is 3.90. The molecule has 4 heteroatoms. The van der Waals surface area contributed by atoms with E-state index in [2.05, 4.69) is 5.32 Å². The number of methoxy groups -OCH3 is 1. The third-order valence-electron chi connectivity index (χ3n) is 2.40. The Hall–Kier alpha value is -1.06. The summed E-state index contributed by atoms with van der Waals surface area (Å²) in [5, 5.41) is 2.77. The van der Waals surface area contributed by atoms with Crippen molar-refractivity contribution in [2.75, 3.05) is 18.3 Å². The average Bonchev–Trinajstić information content (AvgIpc) is 2.28. The first kappa shape index (κ1) is 13.0. The van der Waals surface area contributed by atoms with E-state index < -0.39 is 0 Å². The number of hydrogen-bond acceptors (Lipinski definition) is 2. The van der Waals surface area contributed by atoms with Gasteiger partial charge in [0.1, 0.15) is 5.88 Å². The summed E-state index contributed by atoms with van der Waals surface area (Å²) in [6, 6.07) is 5.85. The van der Waals surface area contributed by atoms with Crippen molar-refractivity contribution in [3.8, 4) is 0 Å². The Bertz CT molecular complexity index is 379. The standard InChI is InChI=1S/C12H16ClNO2/c1-8-4-5-10(9(2)16-3)11(6-8)14-12(15)7-13/h4-6,9H,7H2,1-3H3,(H,14,15). The lowest BCUT2D eigenvalue weighted by Crippen LogP contribution is -2.15. The van der Waals surface area contributed by atoms with Crippen molar-refractivity contribution in [1.82, 2.24) is 0 Å². The van der Waals surface area contributed by atoms with E-state index in [4.69, 9.17) is 16.3 Å². The van der Waals surface area contributed by atoms with Gasteiger partial charge in [0.2, 0.25) is 5.91 Å². The summed E-state index contributed by atoms with van der Waals surface area (Å²) < 4.78 is 5.25. The normalized spacial score (nSPS) is 12.2. The van der Waals surface area contributed by atoms with Crippen LogP contribution in [-0.4, -0.2) is 18.9 Å². The van der Waals surface area contributed by atoms with Gasteiger partial charge in [0, 0.05) is 18.4 Å². The summed E-state index contributed by atoms with van der Waals surface area (Å²) in [7, 11) is 1.64. The number of carbonyl (C=O) groups excluding carboxylic acids is 1. The van der Waals surface area contributed by atoms with Crippen LogP contribution in [0.3, 0.4) is 0 Å². The van der Waals surface area contributed by atoms with Crippen LogP contribution in [-0.2, 0) is 9.53 Å². The first-order chi connectivity index (χ1) is 7.58. The summed E-state index contributed by atoms with van der Waals surface area (Å²) >= 11 is 5.46. The fourth-order valence-corrected chi connectivity index (χ4v) is 1.51. The van der Waals surface area contributed by atoms with Gasteiger partial charge in [-0.2, -0.15) is 0 Å². The lowest BCUT2D eigenvalue weighted by molar-refractivity contribution is -0.113. The van der Waals surface area contributed by atoms with Gasteiger partial charge in [0.15, 0.2) is 0 Å². The molecule has 0 saturated carbocycles. The summed E-state index contributed by atoms with van der Waals surface area (Å²) in [5.74, 6) is -0.258. The minimum absolute atomic E-state index is 0.0469. The molecule has 16 heavy (non-hydrogen) atoms. The average molecular weight is 242 g/mol. The van der Waals surface area contributed by atoms with Crippen LogP contribution in [0.25, 0.3) is 0 Å². The van der Waals surface area contributed by atoms with Crippen LogP contribution in [0, 0.1) is 6.92 Å². The maximum absolute atomic E-state index is 11.3. The molecule has 0 radical (unpaired) electrons. The molecule has 1 unspecified atom stereocenters. The van der Waals surface area contributed by atoms with Gasteiger partial charge in [0.25, 0.3) is 0 Å². The number of benzene rings is 1. The van der Waals surface area contributed by atoms with Gasteiger partial charge >= 0.3 is 0 Å². The van der Waals surface area contributed by atoms with Crippen molar-refractivity contribution in [3.63, 3.8) is 0 Å². The molecule has 1 atom stereocenters. The molecule has 1 rings (SSSR count). The van der Waals surface area contributed by atoms with Crippen molar-refractivity contribution in [2.24, 2.45) is 0 Å². The zero-order valence-corrected chi connectivity index (χ0v) is 10.5. The van der Waals surface area contributed by atoms with Crippen LogP contribution in [0.2, 0.25) is 0 Å². The highest BCUT2D eigenvalue weighted by Crippen LogP contribution is 2.26. The fourth-order valence-electron chi connectivity index (χ4n) is 1.44. The Morgan fingerprint density at radius 2 is 2.25 bits per heavy atom. The van der Waals surface area contributed by atoms with E-state index in [1.165, 1.54) is 0 Å². The summed E-state index contributed by atoms with van der Waals surface area (Å²) in [6.07, 6.45) is -0.0637. The molecular weight excluding hydrogens is 226 g/mol.